The van der Waals surface area contributed by atoms with Crippen molar-refractivity contribution in [1.82, 2.24) is 14.5 Å². The number of para-hydroxylation sites is 2. The Labute approximate surface area is 248 Å². The van der Waals surface area contributed by atoms with Gasteiger partial charge in [0.25, 0.3) is 0 Å². The summed E-state index contributed by atoms with van der Waals surface area (Å²) in [6, 6.07) is 53.8. The minimum atomic E-state index is 0.862. The van der Waals surface area contributed by atoms with Gasteiger partial charge < -0.3 is 0 Å². The molecule has 0 aliphatic heterocycles. The zero-order chi connectivity index (χ0) is 28.3. The topological polar surface area (TPSA) is 30.7 Å². The zero-order valence-corrected chi connectivity index (χ0v) is 23.3. The van der Waals surface area contributed by atoms with E-state index >= 15 is 0 Å². The quantitative estimate of drug-likeness (QED) is 0.206. The number of hydrogen-bond acceptors (Lipinski definition) is 2. The fourth-order valence-corrected chi connectivity index (χ4v) is 6.45. The lowest BCUT2D eigenvalue weighted by molar-refractivity contribution is 1.14. The maximum Gasteiger partial charge on any atom is 0.165 e. The number of rotatable bonds is 3. The van der Waals surface area contributed by atoms with Crippen molar-refractivity contribution in [3.63, 3.8) is 0 Å². The van der Waals surface area contributed by atoms with Crippen molar-refractivity contribution in [2.45, 2.75) is 0 Å². The first-order chi connectivity index (χ1) is 21.3. The average molecular weight is 548 g/mol. The lowest BCUT2D eigenvalue weighted by Gasteiger charge is -2.10. The molecule has 0 fully saturated rings. The van der Waals surface area contributed by atoms with Crippen LogP contribution in [-0.2, 0) is 0 Å². The fourth-order valence-electron chi connectivity index (χ4n) is 6.45. The summed E-state index contributed by atoms with van der Waals surface area (Å²) >= 11 is 0. The number of aromatic nitrogens is 3. The van der Waals surface area contributed by atoms with Crippen LogP contribution in [-0.4, -0.2) is 14.5 Å². The van der Waals surface area contributed by atoms with E-state index in [9.17, 15) is 0 Å². The molecule has 9 rings (SSSR count). The Morgan fingerprint density at radius 2 is 1.07 bits per heavy atom. The Morgan fingerprint density at radius 1 is 0.395 bits per heavy atom. The standard InChI is InChI=1S/C40H25N3/c1-2-9-26(10-3-1)28-12-8-13-32(24-28)43-38-22-20-30(25-35(38)39-40(43)42-37-16-7-6-15-36(37)41-39)29-19-21-34-31(23-29)18-17-27-11-4-5-14-33(27)34/h1-25H. The summed E-state index contributed by atoms with van der Waals surface area (Å²) in [5, 5.41) is 6.15. The Kier molecular flexibility index (Phi) is 5.20. The second-order valence-corrected chi connectivity index (χ2v) is 11.1. The second-order valence-electron chi connectivity index (χ2n) is 11.1. The highest BCUT2D eigenvalue weighted by molar-refractivity contribution is 6.11. The van der Waals surface area contributed by atoms with Gasteiger partial charge >= 0.3 is 0 Å². The number of nitrogens with zero attached hydrogens (tertiary/aromatic N) is 3. The van der Waals surface area contributed by atoms with Gasteiger partial charge in [-0.3, -0.25) is 4.57 Å². The average Bonchev–Trinajstić information content (AvgIpc) is 3.39. The second kappa shape index (κ2) is 9.37. The SMILES string of the molecule is c1ccc(-c2cccc(-n3c4ccc(-c5ccc6c(ccc7ccccc76)c5)cc4c4nc5ccccc5nc43)c2)cc1. The fraction of sp³-hybridized carbons (Fsp3) is 0. The Hall–Kier alpha value is -5.80. The van der Waals surface area contributed by atoms with Gasteiger partial charge in [-0.05, 0) is 86.3 Å². The maximum atomic E-state index is 5.17. The Balaban J connectivity index is 1.28. The van der Waals surface area contributed by atoms with Crippen molar-refractivity contribution in [3.05, 3.63) is 152 Å². The van der Waals surface area contributed by atoms with E-state index in [1.165, 1.54) is 38.2 Å². The molecule has 7 aromatic carbocycles. The third-order valence-corrected chi connectivity index (χ3v) is 8.55. The van der Waals surface area contributed by atoms with Crippen LogP contribution < -0.4 is 0 Å². The molecule has 0 saturated heterocycles. The van der Waals surface area contributed by atoms with Crippen LogP contribution in [0.2, 0.25) is 0 Å². The zero-order valence-electron chi connectivity index (χ0n) is 23.3. The molecule has 2 aromatic heterocycles. The third-order valence-electron chi connectivity index (χ3n) is 8.55. The molecule has 3 heteroatoms. The van der Waals surface area contributed by atoms with Crippen LogP contribution in [0.3, 0.4) is 0 Å². The van der Waals surface area contributed by atoms with Crippen LogP contribution in [0.15, 0.2) is 152 Å². The van der Waals surface area contributed by atoms with Gasteiger partial charge in [-0.1, -0.05) is 109 Å². The highest BCUT2D eigenvalue weighted by Crippen LogP contribution is 2.36. The molecule has 200 valence electrons. The highest BCUT2D eigenvalue weighted by Gasteiger charge is 2.17. The molecule has 0 atom stereocenters. The first-order valence-corrected chi connectivity index (χ1v) is 14.6. The summed E-state index contributed by atoms with van der Waals surface area (Å²) in [4.78, 5) is 10.3. The van der Waals surface area contributed by atoms with Gasteiger partial charge in [0.2, 0.25) is 0 Å². The van der Waals surface area contributed by atoms with Gasteiger partial charge in [0, 0.05) is 11.1 Å². The molecule has 2 heterocycles. The molecule has 0 aliphatic carbocycles. The Morgan fingerprint density at radius 3 is 1.98 bits per heavy atom. The van der Waals surface area contributed by atoms with Crippen LogP contribution in [0.1, 0.15) is 0 Å². The summed E-state index contributed by atoms with van der Waals surface area (Å²) in [7, 11) is 0. The van der Waals surface area contributed by atoms with Crippen molar-refractivity contribution in [3.8, 4) is 27.9 Å². The van der Waals surface area contributed by atoms with Crippen LogP contribution in [0.5, 0.6) is 0 Å². The van der Waals surface area contributed by atoms with Gasteiger partial charge in [0.05, 0.1) is 16.6 Å². The first kappa shape index (κ1) is 23.9. The van der Waals surface area contributed by atoms with Crippen LogP contribution in [0, 0.1) is 0 Å². The molecular formula is C40H25N3. The van der Waals surface area contributed by atoms with Crippen LogP contribution in [0.4, 0.5) is 0 Å². The number of fused-ring (bicyclic) bond motifs is 7. The molecule has 0 aliphatic rings. The molecule has 0 saturated carbocycles. The van der Waals surface area contributed by atoms with Gasteiger partial charge in [0.1, 0.15) is 5.52 Å². The van der Waals surface area contributed by atoms with E-state index in [0.29, 0.717) is 0 Å². The van der Waals surface area contributed by atoms with Crippen LogP contribution in [0.25, 0.3) is 82.6 Å². The van der Waals surface area contributed by atoms with Gasteiger partial charge in [0.15, 0.2) is 5.65 Å². The lowest BCUT2D eigenvalue weighted by atomic mass is 9.97. The third kappa shape index (κ3) is 3.83. The van der Waals surface area contributed by atoms with E-state index in [-0.39, 0.29) is 0 Å². The monoisotopic (exact) mass is 547 g/mol. The van der Waals surface area contributed by atoms with E-state index in [2.05, 4.69) is 132 Å². The molecule has 43 heavy (non-hydrogen) atoms. The van der Waals surface area contributed by atoms with Crippen molar-refractivity contribution >= 4 is 54.6 Å². The number of hydrogen-bond donors (Lipinski definition) is 0. The molecule has 3 nitrogen and oxygen atoms in total. The van der Waals surface area contributed by atoms with E-state index in [1.807, 2.05) is 24.3 Å². The van der Waals surface area contributed by atoms with Gasteiger partial charge in [-0.15, -0.1) is 0 Å². The first-order valence-electron chi connectivity index (χ1n) is 14.6. The predicted molar refractivity (Wildman–Crippen MR) is 180 cm³/mol. The van der Waals surface area contributed by atoms with Crippen LogP contribution >= 0.6 is 0 Å². The van der Waals surface area contributed by atoms with E-state index in [1.54, 1.807) is 0 Å². The summed E-state index contributed by atoms with van der Waals surface area (Å²) in [5.41, 5.74) is 10.4. The molecule has 0 N–H and O–H groups in total. The van der Waals surface area contributed by atoms with E-state index in [0.717, 1.165) is 44.4 Å². The van der Waals surface area contributed by atoms with Gasteiger partial charge in [-0.25, -0.2) is 9.97 Å². The highest BCUT2D eigenvalue weighted by atomic mass is 15.1. The summed E-state index contributed by atoms with van der Waals surface area (Å²) < 4.78 is 2.26. The summed E-state index contributed by atoms with van der Waals surface area (Å²) in [6.45, 7) is 0. The van der Waals surface area contributed by atoms with Crippen molar-refractivity contribution in [2.75, 3.05) is 0 Å². The lowest BCUT2D eigenvalue weighted by Crippen LogP contribution is -1.97. The molecule has 0 spiro atoms. The van der Waals surface area contributed by atoms with Gasteiger partial charge in [-0.2, -0.15) is 0 Å². The van der Waals surface area contributed by atoms with Crippen molar-refractivity contribution in [2.24, 2.45) is 0 Å². The molecule has 0 amide bonds. The minimum Gasteiger partial charge on any atom is -0.293 e. The summed E-state index contributed by atoms with van der Waals surface area (Å²) in [5.74, 6) is 0. The summed E-state index contributed by atoms with van der Waals surface area (Å²) in [6.07, 6.45) is 0. The largest absolute Gasteiger partial charge is 0.293 e. The molecule has 0 unspecified atom stereocenters. The maximum absolute atomic E-state index is 5.17. The minimum absolute atomic E-state index is 0.862. The molecular weight excluding hydrogens is 522 g/mol. The normalized spacial score (nSPS) is 11.7. The van der Waals surface area contributed by atoms with Crippen molar-refractivity contribution in [1.29, 1.82) is 0 Å². The smallest absolute Gasteiger partial charge is 0.165 e. The van der Waals surface area contributed by atoms with E-state index < -0.39 is 0 Å². The molecule has 0 radical (unpaired) electrons. The van der Waals surface area contributed by atoms with E-state index in [4.69, 9.17) is 9.97 Å². The molecule has 9 aromatic rings. The molecule has 0 bridgehead atoms. The van der Waals surface area contributed by atoms with Crippen molar-refractivity contribution < 1.29 is 0 Å². The Bertz CT molecular complexity index is 2510. The number of benzene rings is 7. The predicted octanol–water partition coefficient (Wildman–Crippen LogP) is 10.4.